The molecule has 1 fully saturated rings. The van der Waals surface area contributed by atoms with Crippen LogP contribution in [-0.4, -0.2) is 13.1 Å². The van der Waals surface area contributed by atoms with Gasteiger partial charge in [-0.2, -0.15) is 0 Å². The molecule has 0 radical (unpaired) electrons. The topological polar surface area (TPSA) is 21.3 Å². The molecule has 0 unspecified atom stereocenters. The zero-order chi connectivity index (χ0) is 15.9. The highest BCUT2D eigenvalue weighted by molar-refractivity contribution is 6.30. The number of hydrogen-bond acceptors (Lipinski definition) is 2. The van der Waals surface area contributed by atoms with Crippen LogP contribution in [0.3, 0.4) is 0 Å². The number of fused-ring (bicyclic) bond motifs is 2. The van der Waals surface area contributed by atoms with E-state index in [1.54, 1.807) is 0 Å². The van der Waals surface area contributed by atoms with E-state index in [2.05, 4.69) is 48.8 Å². The van der Waals surface area contributed by atoms with Crippen molar-refractivity contribution in [3.63, 3.8) is 0 Å². The Balaban J connectivity index is 1.71. The van der Waals surface area contributed by atoms with Crippen LogP contribution < -0.4 is 5.32 Å². The molecule has 0 saturated heterocycles. The molecule has 2 nitrogen and oxygen atoms in total. The first-order valence-corrected chi connectivity index (χ1v) is 8.80. The summed E-state index contributed by atoms with van der Waals surface area (Å²) >= 11 is 6.04. The van der Waals surface area contributed by atoms with E-state index in [-0.39, 0.29) is 11.7 Å². The summed E-state index contributed by atoms with van der Waals surface area (Å²) in [5, 5.41) is 4.18. The Labute approximate surface area is 142 Å². The van der Waals surface area contributed by atoms with Crippen LogP contribution in [0.15, 0.2) is 48.5 Å². The molecule has 1 N–H and O–H groups in total. The third kappa shape index (κ3) is 2.59. The third-order valence-corrected chi connectivity index (χ3v) is 5.70. The van der Waals surface area contributed by atoms with E-state index in [1.165, 1.54) is 16.7 Å². The van der Waals surface area contributed by atoms with Crippen LogP contribution in [0.5, 0.6) is 0 Å². The minimum atomic E-state index is -0.117. The third-order valence-electron chi connectivity index (χ3n) is 5.45. The van der Waals surface area contributed by atoms with Gasteiger partial charge in [0.1, 0.15) is 6.10 Å². The highest BCUT2D eigenvalue weighted by atomic mass is 35.5. The monoisotopic (exact) mass is 327 g/mol. The van der Waals surface area contributed by atoms with Crippen molar-refractivity contribution >= 4 is 11.6 Å². The van der Waals surface area contributed by atoms with E-state index < -0.39 is 0 Å². The normalized spacial score (nSPS) is 29.7. The molecule has 1 aliphatic heterocycles. The summed E-state index contributed by atoms with van der Waals surface area (Å²) < 4.78 is 6.71. The lowest BCUT2D eigenvalue weighted by Gasteiger charge is -2.38. The molecule has 1 aliphatic carbocycles. The van der Waals surface area contributed by atoms with Gasteiger partial charge < -0.3 is 10.1 Å². The first kappa shape index (κ1) is 15.2. The molecule has 1 spiro atoms. The van der Waals surface area contributed by atoms with Crippen LogP contribution in [0.25, 0.3) is 0 Å². The van der Waals surface area contributed by atoms with E-state index in [4.69, 9.17) is 16.3 Å². The zero-order valence-corrected chi connectivity index (χ0v) is 14.1. The van der Waals surface area contributed by atoms with Crippen LogP contribution in [0.1, 0.15) is 48.5 Å². The van der Waals surface area contributed by atoms with Crippen LogP contribution in [-0.2, 0) is 10.3 Å². The first-order valence-electron chi connectivity index (χ1n) is 8.42. The second-order valence-corrected chi connectivity index (χ2v) is 7.13. The molecule has 1 saturated carbocycles. The molecule has 0 bridgehead atoms. The first-order chi connectivity index (χ1) is 11.2. The van der Waals surface area contributed by atoms with Crippen molar-refractivity contribution in [3.8, 4) is 0 Å². The van der Waals surface area contributed by atoms with Gasteiger partial charge in [0, 0.05) is 11.1 Å². The van der Waals surface area contributed by atoms with Gasteiger partial charge >= 0.3 is 0 Å². The molecular formula is C20H22ClNO. The van der Waals surface area contributed by atoms with E-state index >= 15 is 0 Å². The second kappa shape index (κ2) is 5.94. The fraction of sp³-hybridized carbons (Fsp3) is 0.400. The quantitative estimate of drug-likeness (QED) is 0.854. The van der Waals surface area contributed by atoms with E-state index in [0.717, 1.165) is 30.7 Å². The summed E-state index contributed by atoms with van der Waals surface area (Å²) in [5.74, 6) is 0. The molecule has 1 heterocycles. The lowest BCUT2D eigenvalue weighted by molar-refractivity contribution is -0.0878. The molecule has 4 rings (SSSR count). The number of nitrogens with one attached hydrogen (secondary N) is 1. The van der Waals surface area contributed by atoms with Crippen LogP contribution >= 0.6 is 11.6 Å². The Morgan fingerprint density at radius 1 is 1.04 bits per heavy atom. The number of benzene rings is 2. The van der Waals surface area contributed by atoms with Gasteiger partial charge in [-0.1, -0.05) is 48.0 Å². The van der Waals surface area contributed by atoms with Gasteiger partial charge in [-0.15, -0.1) is 0 Å². The summed E-state index contributed by atoms with van der Waals surface area (Å²) in [7, 11) is 2.06. The van der Waals surface area contributed by atoms with Gasteiger partial charge in [0.2, 0.25) is 0 Å². The average molecular weight is 328 g/mol. The Morgan fingerprint density at radius 2 is 1.74 bits per heavy atom. The Hall–Kier alpha value is -1.35. The predicted octanol–water partition coefficient (Wildman–Crippen LogP) is 4.82. The summed E-state index contributed by atoms with van der Waals surface area (Å²) in [5.41, 5.74) is 3.77. The second-order valence-electron chi connectivity index (χ2n) is 6.69. The van der Waals surface area contributed by atoms with Gasteiger partial charge in [-0.05, 0) is 61.6 Å². The minimum Gasteiger partial charge on any atom is -0.358 e. The molecule has 3 heteroatoms. The number of halogens is 1. The Bertz CT molecular complexity index is 689. The van der Waals surface area contributed by atoms with Crippen molar-refractivity contribution in [1.29, 1.82) is 0 Å². The molecule has 120 valence electrons. The van der Waals surface area contributed by atoms with Crippen molar-refractivity contribution in [2.24, 2.45) is 0 Å². The predicted molar refractivity (Wildman–Crippen MR) is 93.8 cm³/mol. The highest BCUT2D eigenvalue weighted by Crippen LogP contribution is 2.53. The Morgan fingerprint density at radius 3 is 2.43 bits per heavy atom. The highest BCUT2D eigenvalue weighted by Gasteiger charge is 2.46. The van der Waals surface area contributed by atoms with E-state index in [9.17, 15) is 0 Å². The van der Waals surface area contributed by atoms with Gasteiger partial charge in [0.25, 0.3) is 0 Å². The molecular weight excluding hydrogens is 306 g/mol. The van der Waals surface area contributed by atoms with Gasteiger partial charge in [-0.25, -0.2) is 0 Å². The number of hydrogen-bond donors (Lipinski definition) is 1. The van der Waals surface area contributed by atoms with Crippen molar-refractivity contribution in [2.45, 2.75) is 43.4 Å². The number of ether oxygens (including phenoxy) is 1. The Kier molecular flexibility index (Phi) is 3.92. The molecule has 23 heavy (non-hydrogen) atoms. The average Bonchev–Trinajstić information content (AvgIpc) is 2.91. The lowest BCUT2D eigenvalue weighted by Crippen LogP contribution is -2.38. The fourth-order valence-corrected chi connectivity index (χ4v) is 4.26. The van der Waals surface area contributed by atoms with Gasteiger partial charge in [0.05, 0.1) is 5.60 Å². The van der Waals surface area contributed by atoms with Crippen molar-refractivity contribution in [3.05, 3.63) is 70.2 Å². The van der Waals surface area contributed by atoms with E-state index in [0.29, 0.717) is 6.04 Å². The molecule has 2 aromatic rings. The largest absolute Gasteiger partial charge is 0.358 e. The lowest BCUT2D eigenvalue weighted by atomic mass is 9.77. The summed E-state index contributed by atoms with van der Waals surface area (Å²) in [4.78, 5) is 0. The summed E-state index contributed by atoms with van der Waals surface area (Å²) in [6.45, 7) is 0. The molecule has 2 aromatic carbocycles. The summed E-state index contributed by atoms with van der Waals surface area (Å²) in [6, 6.07) is 17.4. The maximum absolute atomic E-state index is 6.71. The standard InChI is InChI=1S/C20H22ClNO/c1-22-16-10-12-20(13-11-16)18-5-3-2-4-17(18)19(23-20)14-6-8-15(21)9-7-14/h2-9,16,19,22H,10-13H2,1H3/t16?,19-,20?/m1/s1. The van der Waals surface area contributed by atoms with E-state index in [1.807, 2.05) is 12.1 Å². The number of rotatable bonds is 2. The molecule has 2 aliphatic rings. The maximum Gasteiger partial charge on any atom is 0.109 e. The SMILES string of the molecule is CNC1CCC2(CC1)O[C@H](c1ccc(Cl)cc1)c1ccccc12. The van der Waals surface area contributed by atoms with Crippen molar-refractivity contribution in [2.75, 3.05) is 7.05 Å². The molecule has 0 aromatic heterocycles. The molecule has 1 atom stereocenters. The van der Waals surface area contributed by atoms with Crippen LogP contribution in [0.2, 0.25) is 5.02 Å². The van der Waals surface area contributed by atoms with Crippen molar-refractivity contribution < 1.29 is 4.74 Å². The summed E-state index contributed by atoms with van der Waals surface area (Å²) in [6.07, 6.45) is 4.52. The fourth-order valence-electron chi connectivity index (χ4n) is 4.14. The minimum absolute atomic E-state index is 0.0228. The van der Waals surface area contributed by atoms with Crippen LogP contribution in [0, 0.1) is 0 Å². The van der Waals surface area contributed by atoms with Crippen LogP contribution in [0.4, 0.5) is 0 Å². The maximum atomic E-state index is 6.71. The molecule has 0 amide bonds. The van der Waals surface area contributed by atoms with Crippen molar-refractivity contribution in [1.82, 2.24) is 5.32 Å². The van der Waals surface area contributed by atoms with Gasteiger partial charge in [0.15, 0.2) is 0 Å². The smallest absolute Gasteiger partial charge is 0.109 e. The van der Waals surface area contributed by atoms with Gasteiger partial charge in [-0.3, -0.25) is 0 Å². The zero-order valence-electron chi connectivity index (χ0n) is 13.4.